The first-order chi connectivity index (χ1) is 7.38. The average Bonchev–Trinajstić information content (AvgIpc) is 2.76. The fourth-order valence-corrected chi connectivity index (χ4v) is 1.73. The normalized spacial score (nSPS) is 10.1. The highest BCUT2D eigenvalue weighted by Gasteiger charge is 2.02. The molecule has 0 aliphatic heterocycles. The van der Waals surface area contributed by atoms with Gasteiger partial charge in [0.1, 0.15) is 5.76 Å². The summed E-state index contributed by atoms with van der Waals surface area (Å²) in [6.07, 6.45) is 4.07. The minimum Gasteiger partial charge on any atom is -0.457 e. The van der Waals surface area contributed by atoms with E-state index < -0.39 is 0 Å². The van der Waals surface area contributed by atoms with Crippen LogP contribution in [0.5, 0.6) is 0 Å². The molecule has 0 aromatic carbocycles. The Kier molecular flexibility index (Phi) is 3.14. The third-order valence-corrected chi connectivity index (χ3v) is 2.58. The molecule has 0 saturated heterocycles. The molecule has 15 heavy (non-hydrogen) atoms. The van der Waals surface area contributed by atoms with Crippen LogP contribution < -0.4 is 0 Å². The lowest BCUT2D eigenvalue weighted by atomic mass is 10.4. The monoisotopic (exact) mass is 220 g/mol. The van der Waals surface area contributed by atoms with Crippen molar-refractivity contribution in [1.29, 1.82) is 0 Å². The number of carbonyl (C=O) groups excluding carboxylic acids is 1. The number of aromatic nitrogens is 2. The molecule has 0 aliphatic rings. The number of furan rings is 1. The van der Waals surface area contributed by atoms with Crippen molar-refractivity contribution in [2.45, 2.75) is 10.9 Å². The van der Waals surface area contributed by atoms with Crippen molar-refractivity contribution in [2.75, 3.05) is 0 Å². The topological polar surface area (TPSA) is 56.0 Å². The summed E-state index contributed by atoms with van der Waals surface area (Å²) in [4.78, 5) is 18.5. The van der Waals surface area contributed by atoms with Gasteiger partial charge in [0.05, 0.1) is 5.75 Å². The Bertz CT molecular complexity index is 442. The van der Waals surface area contributed by atoms with E-state index in [1.807, 2.05) is 0 Å². The maximum absolute atomic E-state index is 10.4. The van der Waals surface area contributed by atoms with Crippen LogP contribution in [0.15, 0.2) is 40.2 Å². The lowest BCUT2D eigenvalue weighted by Crippen LogP contribution is -1.84. The molecule has 0 spiro atoms. The molecule has 0 atom stereocenters. The lowest BCUT2D eigenvalue weighted by Gasteiger charge is -1.95. The van der Waals surface area contributed by atoms with Crippen molar-refractivity contribution in [1.82, 2.24) is 9.97 Å². The molecule has 0 saturated carbocycles. The van der Waals surface area contributed by atoms with E-state index in [4.69, 9.17) is 4.42 Å². The smallest absolute Gasteiger partial charge is 0.187 e. The van der Waals surface area contributed by atoms with Gasteiger partial charge >= 0.3 is 0 Å². The van der Waals surface area contributed by atoms with Crippen LogP contribution in [0.4, 0.5) is 0 Å². The van der Waals surface area contributed by atoms with E-state index in [-0.39, 0.29) is 0 Å². The van der Waals surface area contributed by atoms with E-state index in [2.05, 4.69) is 9.97 Å². The second-order valence-corrected chi connectivity index (χ2v) is 3.68. The summed E-state index contributed by atoms with van der Waals surface area (Å²) in [6, 6.07) is 5.19. The maximum Gasteiger partial charge on any atom is 0.187 e. The summed E-state index contributed by atoms with van der Waals surface area (Å²) in [6.45, 7) is 0. The van der Waals surface area contributed by atoms with E-state index in [1.54, 1.807) is 30.6 Å². The molecule has 2 rings (SSSR count). The van der Waals surface area contributed by atoms with E-state index in [9.17, 15) is 4.79 Å². The van der Waals surface area contributed by atoms with Crippen molar-refractivity contribution in [3.05, 3.63) is 42.1 Å². The molecule has 0 amide bonds. The fraction of sp³-hybridized carbons (Fsp3) is 0.100. The molecular formula is C10H8N2O2S. The third kappa shape index (κ3) is 2.66. The van der Waals surface area contributed by atoms with Gasteiger partial charge in [-0.15, -0.1) is 0 Å². The standard InChI is InChI=1S/C10H8N2O2S/c13-6-8-2-3-9(14-8)7-15-10-11-4-1-5-12-10/h1-6H,7H2. The Morgan fingerprint density at radius 3 is 2.80 bits per heavy atom. The first kappa shape index (κ1) is 9.92. The molecule has 76 valence electrons. The number of rotatable bonds is 4. The zero-order chi connectivity index (χ0) is 10.5. The Morgan fingerprint density at radius 1 is 1.33 bits per heavy atom. The van der Waals surface area contributed by atoms with Crippen LogP contribution in [0.2, 0.25) is 0 Å². The Labute approximate surface area is 90.7 Å². The number of aldehydes is 1. The van der Waals surface area contributed by atoms with Crippen LogP contribution in [0.1, 0.15) is 16.3 Å². The molecule has 0 fully saturated rings. The molecule has 2 heterocycles. The summed E-state index contributed by atoms with van der Waals surface area (Å²) in [7, 11) is 0. The van der Waals surface area contributed by atoms with Gasteiger partial charge in [-0.1, -0.05) is 11.8 Å². The molecule has 0 radical (unpaired) electrons. The van der Waals surface area contributed by atoms with Gasteiger partial charge in [0.25, 0.3) is 0 Å². The molecule has 5 heteroatoms. The molecule has 2 aromatic rings. The molecule has 0 aliphatic carbocycles. The van der Waals surface area contributed by atoms with Crippen LogP contribution in [0.25, 0.3) is 0 Å². The molecule has 2 aromatic heterocycles. The molecule has 0 bridgehead atoms. The molecule has 0 unspecified atom stereocenters. The van der Waals surface area contributed by atoms with Crippen LogP contribution >= 0.6 is 11.8 Å². The van der Waals surface area contributed by atoms with Crippen molar-refractivity contribution in [3.8, 4) is 0 Å². The van der Waals surface area contributed by atoms with Gasteiger partial charge < -0.3 is 4.42 Å². The second-order valence-electron chi connectivity index (χ2n) is 2.74. The molecule has 4 nitrogen and oxygen atoms in total. The zero-order valence-electron chi connectivity index (χ0n) is 7.79. The van der Waals surface area contributed by atoms with Gasteiger partial charge in [-0.3, -0.25) is 4.79 Å². The first-order valence-corrected chi connectivity index (χ1v) is 5.31. The quantitative estimate of drug-likeness (QED) is 0.449. The van der Waals surface area contributed by atoms with Gasteiger partial charge in [0.15, 0.2) is 17.2 Å². The summed E-state index contributed by atoms with van der Waals surface area (Å²) < 4.78 is 5.21. The highest BCUT2D eigenvalue weighted by Crippen LogP contribution is 2.19. The third-order valence-electron chi connectivity index (χ3n) is 1.68. The van der Waals surface area contributed by atoms with Crippen molar-refractivity contribution >= 4 is 18.0 Å². The van der Waals surface area contributed by atoms with Crippen LogP contribution in [-0.2, 0) is 5.75 Å². The highest BCUT2D eigenvalue weighted by molar-refractivity contribution is 7.98. The number of hydrogen-bond donors (Lipinski definition) is 0. The van der Waals surface area contributed by atoms with Gasteiger partial charge in [0.2, 0.25) is 0 Å². The lowest BCUT2D eigenvalue weighted by molar-refractivity contribution is 0.109. The second kappa shape index (κ2) is 4.75. The Morgan fingerprint density at radius 2 is 2.13 bits per heavy atom. The van der Waals surface area contributed by atoms with E-state index in [0.717, 1.165) is 5.76 Å². The maximum atomic E-state index is 10.4. The minimum atomic E-state index is 0.347. The van der Waals surface area contributed by atoms with E-state index >= 15 is 0 Å². The zero-order valence-corrected chi connectivity index (χ0v) is 8.61. The Hall–Kier alpha value is -1.62. The molecule has 0 N–H and O–H groups in total. The predicted molar refractivity (Wildman–Crippen MR) is 55.7 cm³/mol. The highest BCUT2D eigenvalue weighted by atomic mass is 32.2. The average molecular weight is 220 g/mol. The number of carbonyl (C=O) groups is 1. The summed E-state index contributed by atoms with van der Waals surface area (Å²) in [5, 5.41) is 0.696. The number of hydrogen-bond acceptors (Lipinski definition) is 5. The van der Waals surface area contributed by atoms with Crippen LogP contribution in [0.3, 0.4) is 0 Å². The number of nitrogens with zero attached hydrogens (tertiary/aromatic N) is 2. The van der Waals surface area contributed by atoms with E-state index in [0.29, 0.717) is 23.0 Å². The largest absolute Gasteiger partial charge is 0.457 e. The molecular weight excluding hydrogens is 212 g/mol. The SMILES string of the molecule is O=Cc1ccc(CSc2ncccn2)o1. The van der Waals surface area contributed by atoms with Gasteiger partial charge in [0, 0.05) is 12.4 Å². The number of thioether (sulfide) groups is 1. The van der Waals surface area contributed by atoms with Crippen molar-refractivity contribution < 1.29 is 9.21 Å². The summed E-state index contributed by atoms with van der Waals surface area (Å²) in [5.74, 6) is 1.71. The minimum absolute atomic E-state index is 0.347. The summed E-state index contributed by atoms with van der Waals surface area (Å²) >= 11 is 1.47. The van der Waals surface area contributed by atoms with Crippen molar-refractivity contribution in [2.24, 2.45) is 0 Å². The summed E-state index contributed by atoms with van der Waals surface area (Å²) in [5.41, 5.74) is 0. The fourth-order valence-electron chi connectivity index (χ4n) is 1.03. The van der Waals surface area contributed by atoms with Crippen LogP contribution in [-0.4, -0.2) is 16.3 Å². The van der Waals surface area contributed by atoms with Gasteiger partial charge in [-0.25, -0.2) is 9.97 Å². The van der Waals surface area contributed by atoms with Crippen molar-refractivity contribution in [3.63, 3.8) is 0 Å². The Balaban J connectivity index is 1.96. The van der Waals surface area contributed by atoms with E-state index in [1.165, 1.54) is 11.8 Å². The van der Waals surface area contributed by atoms with Gasteiger partial charge in [-0.2, -0.15) is 0 Å². The predicted octanol–water partition coefficient (Wildman–Crippen LogP) is 2.17. The van der Waals surface area contributed by atoms with Crippen LogP contribution in [0, 0.1) is 0 Å². The first-order valence-electron chi connectivity index (χ1n) is 4.32. The van der Waals surface area contributed by atoms with Gasteiger partial charge in [-0.05, 0) is 18.2 Å².